The van der Waals surface area contributed by atoms with Gasteiger partial charge in [0.2, 0.25) is 0 Å². The molecule has 3 unspecified atom stereocenters. The van der Waals surface area contributed by atoms with Crippen LogP contribution in [0.25, 0.3) is 0 Å². The van der Waals surface area contributed by atoms with Crippen molar-refractivity contribution in [2.24, 2.45) is 11.8 Å². The van der Waals surface area contributed by atoms with Gasteiger partial charge in [-0.2, -0.15) is 0 Å². The van der Waals surface area contributed by atoms with Crippen molar-refractivity contribution in [1.29, 1.82) is 0 Å². The van der Waals surface area contributed by atoms with Gasteiger partial charge in [0.05, 0.1) is 0 Å². The molecule has 1 aliphatic carbocycles. The van der Waals surface area contributed by atoms with Crippen molar-refractivity contribution in [3.05, 3.63) is 71.3 Å². The van der Waals surface area contributed by atoms with Gasteiger partial charge >= 0.3 is 0 Å². The number of rotatable bonds is 10. The molecule has 5 heteroatoms. The lowest BCUT2D eigenvalue weighted by Gasteiger charge is -2.27. The zero-order chi connectivity index (χ0) is 20.3. The zero-order valence-electron chi connectivity index (χ0n) is 17.2. The fraction of sp³-hybridized carbons (Fsp3) is 0.500. The zero-order valence-corrected chi connectivity index (χ0v) is 18.0. The molecule has 1 N–H and O–H groups in total. The summed E-state index contributed by atoms with van der Waals surface area (Å²) in [7, 11) is 0. The largest absolute Gasteiger partial charge is 0.760 e. The van der Waals surface area contributed by atoms with E-state index >= 15 is 0 Å². The van der Waals surface area contributed by atoms with Gasteiger partial charge < -0.3 is 9.45 Å². The number of likely N-dealkylation sites (tertiary alicyclic amines) is 1. The lowest BCUT2D eigenvalue weighted by molar-refractivity contribution is 0.266. The second kappa shape index (κ2) is 9.09. The molecule has 0 radical (unpaired) electrons. The summed E-state index contributed by atoms with van der Waals surface area (Å²) in [5.41, 5.74) is 4.45. The molecule has 1 heterocycles. The van der Waals surface area contributed by atoms with Gasteiger partial charge in [-0.05, 0) is 60.8 Å². The van der Waals surface area contributed by atoms with Crippen molar-refractivity contribution in [2.75, 3.05) is 26.2 Å². The number of aryl methyl sites for hydroxylation is 1. The van der Waals surface area contributed by atoms with Crippen molar-refractivity contribution < 1.29 is 8.76 Å². The first kappa shape index (κ1) is 20.7. The summed E-state index contributed by atoms with van der Waals surface area (Å²) in [5, 5.41) is 0. The molecule has 29 heavy (non-hydrogen) atoms. The van der Waals surface area contributed by atoms with Crippen molar-refractivity contribution in [3.8, 4) is 0 Å². The van der Waals surface area contributed by atoms with Crippen molar-refractivity contribution in [1.82, 2.24) is 9.62 Å². The van der Waals surface area contributed by atoms with E-state index in [-0.39, 0.29) is 0 Å². The third-order valence-corrected chi connectivity index (χ3v) is 7.52. The highest BCUT2D eigenvalue weighted by atomic mass is 32.2. The van der Waals surface area contributed by atoms with Crippen LogP contribution in [0, 0.1) is 11.8 Å². The monoisotopic (exact) mass is 411 g/mol. The van der Waals surface area contributed by atoms with Crippen LogP contribution in [-0.2, 0) is 29.5 Å². The predicted molar refractivity (Wildman–Crippen MR) is 117 cm³/mol. The SMILES string of the molecule is CCC1(c2cccc(CCNS(=O)[O-])c2)C2CN(CCCc3ccccc3)CC21. The van der Waals surface area contributed by atoms with E-state index in [1.165, 1.54) is 49.2 Å². The Hall–Kier alpha value is -1.53. The molecule has 0 bridgehead atoms. The van der Waals surface area contributed by atoms with E-state index in [2.05, 4.69) is 71.1 Å². The smallest absolute Gasteiger partial charge is 0.0181 e. The Morgan fingerprint density at radius 3 is 2.48 bits per heavy atom. The molecule has 1 aliphatic heterocycles. The molecule has 2 fully saturated rings. The van der Waals surface area contributed by atoms with Gasteiger partial charge in [0.25, 0.3) is 0 Å². The Labute approximate surface area is 177 Å². The molecule has 4 nitrogen and oxygen atoms in total. The van der Waals surface area contributed by atoms with Crippen LogP contribution in [-0.4, -0.2) is 39.8 Å². The van der Waals surface area contributed by atoms with Gasteiger partial charge in [0, 0.05) is 36.3 Å². The lowest BCUT2D eigenvalue weighted by atomic mass is 9.86. The highest BCUT2D eigenvalue weighted by Crippen LogP contribution is 2.65. The third-order valence-electron chi connectivity index (χ3n) is 7.08. The summed E-state index contributed by atoms with van der Waals surface area (Å²) in [6.07, 6.45) is 4.32. The first-order valence-corrected chi connectivity index (χ1v) is 11.9. The van der Waals surface area contributed by atoms with E-state index < -0.39 is 11.3 Å². The molecule has 2 aliphatic rings. The molecule has 4 rings (SSSR count). The van der Waals surface area contributed by atoms with Crippen LogP contribution >= 0.6 is 0 Å². The van der Waals surface area contributed by atoms with Crippen molar-refractivity contribution >= 4 is 11.3 Å². The van der Waals surface area contributed by atoms with Gasteiger partial charge in [-0.1, -0.05) is 61.5 Å². The Balaban J connectivity index is 1.31. The second-order valence-electron chi connectivity index (χ2n) is 8.54. The highest BCUT2D eigenvalue weighted by molar-refractivity contribution is 7.77. The Bertz CT molecular complexity index is 830. The van der Waals surface area contributed by atoms with Crippen LogP contribution < -0.4 is 4.72 Å². The normalized spacial score (nSPS) is 27.0. The Morgan fingerprint density at radius 1 is 1.07 bits per heavy atom. The van der Waals surface area contributed by atoms with Crippen molar-refractivity contribution in [3.63, 3.8) is 0 Å². The minimum Gasteiger partial charge on any atom is -0.760 e. The maximum absolute atomic E-state index is 10.7. The molecule has 156 valence electrons. The second-order valence-corrected chi connectivity index (χ2v) is 9.29. The van der Waals surface area contributed by atoms with Gasteiger partial charge in [-0.25, -0.2) is 4.72 Å². The summed E-state index contributed by atoms with van der Waals surface area (Å²) < 4.78 is 23.8. The van der Waals surface area contributed by atoms with Crippen LogP contribution in [0.5, 0.6) is 0 Å². The molecule has 0 spiro atoms. The van der Waals surface area contributed by atoms with Crippen LogP contribution in [0.2, 0.25) is 0 Å². The van der Waals surface area contributed by atoms with Crippen LogP contribution in [0.3, 0.4) is 0 Å². The van der Waals surface area contributed by atoms with E-state index in [4.69, 9.17) is 0 Å². The third kappa shape index (κ3) is 4.48. The van der Waals surface area contributed by atoms with Crippen molar-refractivity contribution in [2.45, 2.75) is 38.0 Å². The number of nitrogens with one attached hydrogen (secondary N) is 1. The quantitative estimate of drug-likeness (QED) is 0.609. The average Bonchev–Trinajstić information content (AvgIpc) is 3.11. The highest BCUT2D eigenvalue weighted by Gasteiger charge is 2.67. The molecule has 1 saturated carbocycles. The van der Waals surface area contributed by atoms with Crippen LogP contribution in [0.1, 0.15) is 36.5 Å². The average molecular weight is 412 g/mol. The summed E-state index contributed by atoms with van der Waals surface area (Å²) in [6.45, 7) is 6.41. The lowest BCUT2D eigenvalue weighted by Crippen LogP contribution is -2.31. The molecular weight excluding hydrogens is 380 g/mol. The molecule has 3 atom stereocenters. The summed E-state index contributed by atoms with van der Waals surface area (Å²) in [6, 6.07) is 19.6. The van der Waals surface area contributed by atoms with E-state index in [1.807, 2.05) is 0 Å². The Kier molecular flexibility index (Phi) is 6.50. The van der Waals surface area contributed by atoms with Crippen LogP contribution in [0.15, 0.2) is 54.6 Å². The molecule has 2 aromatic carbocycles. The maximum Gasteiger partial charge on any atom is 0.0181 e. The molecule has 1 saturated heterocycles. The minimum absolute atomic E-state index is 0.334. The molecule has 2 aromatic rings. The van der Waals surface area contributed by atoms with Gasteiger partial charge in [0.1, 0.15) is 0 Å². The molecule has 0 aromatic heterocycles. The minimum atomic E-state index is -2.18. The Morgan fingerprint density at radius 2 is 1.79 bits per heavy atom. The fourth-order valence-corrected chi connectivity index (χ4v) is 5.87. The molecule has 0 amide bonds. The number of hydrogen-bond acceptors (Lipinski definition) is 3. The summed E-state index contributed by atoms with van der Waals surface area (Å²) in [4.78, 5) is 2.66. The van der Waals surface area contributed by atoms with E-state index in [9.17, 15) is 8.76 Å². The number of fused-ring (bicyclic) bond motifs is 1. The first-order chi connectivity index (χ1) is 14.1. The number of benzene rings is 2. The fourth-order valence-electron chi connectivity index (χ4n) is 5.60. The summed E-state index contributed by atoms with van der Waals surface area (Å²) >= 11 is -2.18. The molecular formula is C24H31N2O2S-. The standard InChI is InChI=1S/C24H32N2O2S/c1-2-24(21-12-6-10-20(16-21)13-14-25-29(27)28)22-17-26(18-23(22)24)15-7-11-19-8-4-3-5-9-19/h3-6,8-10,12,16,22-23,25H,2,7,11,13-15,17-18H2,1H3,(H,27,28)/p-1. The van der Waals surface area contributed by atoms with E-state index in [1.54, 1.807) is 0 Å². The predicted octanol–water partition coefficient (Wildman–Crippen LogP) is 3.46. The number of piperidine rings is 1. The number of nitrogens with zero attached hydrogens (tertiary/aromatic N) is 1. The van der Waals surface area contributed by atoms with Gasteiger partial charge in [-0.3, -0.25) is 4.21 Å². The van der Waals surface area contributed by atoms with E-state index in [0.29, 0.717) is 12.0 Å². The van der Waals surface area contributed by atoms with Gasteiger partial charge in [-0.15, -0.1) is 0 Å². The first-order valence-electron chi connectivity index (χ1n) is 10.8. The maximum atomic E-state index is 10.7. The topological polar surface area (TPSA) is 55.4 Å². The number of hydrogen-bond donors (Lipinski definition) is 1. The van der Waals surface area contributed by atoms with Gasteiger partial charge in [0.15, 0.2) is 0 Å². The van der Waals surface area contributed by atoms with Crippen LogP contribution in [0.4, 0.5) is 0 Å². The van der Waals surface area contributed by atoms with E-state index in [0.717, 1.165) is 24.7 Å². The summed E-state index contributed by atoms with van der Waals surface area (Å²) in [5.74, 6) is 1.54.